The first-order chi connectivity index (χ1) is 14.0. The summed E-state index contributed by atoms with van der Waals surface area (Å²) in [5, 5.41) is 4.30. The first-order valence-corrected chi connectivity index (χ1v) is 12.4. The third kappa shape index (κ3) is 9.10. The number of aromatic nitrogens is 1. The first kappa shape index (κ1) is 23.6. The summed E-state index contributed by atoms with van der Waals surface area (Å²) in [7, 11) is -3.91. The van der Waals surface area contributed by atoms with Gasteiger partial charge in [-0.05, 0) is 37.1 Å². The van der Waals surface area contributed by atoms with Crippen molar-refractivity contribution in [2.45, 2.75) is 64.8 Å². The van der Waals surface area contributed by atoms with E-state index in [2.05, 4.69) is 29.1 Å². The second-order valence-corrected chi connectivity index (χ2v) is 9.19. The lowest BCUT2D eigenvalue weighted by Gasteiger charge is -2.09. The molecule has 0 spiro atoms. The Morgan fingerprint density at radius 1 is 1.07 bits per heavy atom. The van der Waals surface area contributed by atoms with Crippen molar-refractivity contribution in [1.82, 2.24) is 10.3 Å². The molecule has 5 nitrogen and oxygen atoms in total. The highest BCUT2D eigenvalue weighted by Gasteiger charge is 2.11. The molecule has 2 aromatic rings. The first-order valence-electron chi connectivity index (χ1n) is 10.6. The van der Waals surface area contributed by atoms with Gasteiger partial charge in [-0.3, -0.25) is 9.55 Å². The quantitative estimate of drug-likeness (QED) is 0.258. The summed E-state index contributed by atoms with van der Waals surface area (Å²) in [4.78, 5) is 22.4. The van der Waals surface area contributed by atoms with Crippen LogP contribution in [0.15, 0.2) is 30.5 Å². The Morgan fingerprint density at radius 3 is 2.66 bits per heavy atom. The summed E-state index contributed by atoms with van der Waals surface area (Å²) in [5.41, 5.74) is 3.00. The van der Waals surface area contributed by atoms with Gasteiger partial charge in [0.15, 0.2) is 0 Å². The van der Waals surface area contributed by atoms with Gasteiger partial charge in [-0.25, -0.2) is 0 Å². The average molecular weight is 417 g/mol. The zero-order valence-electron chi connectivity index (χ0n) is 17.4. The molecule has 158 valence electrons. The van der Waals surface area contributed by atoms with E-state index < -0.39 is 7.60 Å². The maximum absolute atomic E-state index is 10.9. The summed E-state index contributed by atoms with van der Waals surface area (Å²) in [6.45, 7) is 3.40. The number of unbranched alkanes of at least 4 members (excludes halogenated alkanes) is 6. The Labute approximate surface area is 174 Å². The molecule has 0 atom stereocenters. The van der Waals surface area contributed by atoms with E-state index in [9.17, 15) is 4.57 Å². The van der Waals surface area contributed by atoms with Gasteiger partial charge in [0.25, 0.3) is 0 Å². The van der Waals surface area contributed by atoms with Crippen molar-refractivity contribution in [3.63, 3.8) is 0 Å². The van der Waals surface area contributed by atoms with E-state index in [0.717, 1.165) is 34.9 Å². The maximum atomic E-state index is 10.9. The fraction of sp³-hybridized carbons (Fsp3) is 0.522. The molecule has 0 bridgehead atoms. The van der Waals surface area contributed by atoms with Crippen LogP contribution < -0.4 is 5.32 Å². The molecule has 1 aromatic heterocycles. The van der Waals surface area contributed by atoms with Crippen molar-refractivity contribution in [2.24, 2.45) is 0 Å². The number of hydrogen-bond acceptors (Lipinski definition) is 3. The SMILES string of the molecule is CCCCCCCCC#Cc1ccc(CNCCCP(=O)(O)O)c2ncccc12. The molecular weight excluding hydrogens is 383 g/mol. The van der Waals surface area contributed by atoms with Gasteiger partial charge in [-0.2, -0.15) is 0 Å². The Morgan fingerprint density at radius 2 is 1.86 bits per heavy atom. The van der Waals surface area contributed by atoms with E-state index in [1.54, 1.807) is 6.20 Å². The summed E-state index contributed by atoms with van der Waals surface area (Å²) in [6.07, 6.45) is 10.7. The molecule has 29 heavy (non-hydrogen) atoms. The molecule has 0 aliphatic rings. The van der Waals surface area contributed by atoms with E-state index >= 15 is 0 Å². The molecule has 0 saturated carbocycles. The molecule has 0 amide bonds. The van der Waals surface area contributed by atoms with Crippen LogP contribution in [-0.4, -0.2) is 27.5 Å². The highest BCUT2D eigenvalue weighted by Crippen LogP contribution is 2.34. The Kier molecular flexibility index (Phi) is 10.4. The minimum absolute atomic E-state index is 0.0911. The average Bonchev–Trinajstić information content (AvgIpc) is 2.70. The van der Waals surface area contributed by atoms with E-state index in [-0.39, 0.29) is 6.16 Å². The van der Waals surface area contributed by atoms with Gasteiger partial charge in [0.05, 0.1) is 11.7 Å². The van der Waals surface area contributed by atoms with Gasteiger partial charge in [0, 0.05) is 30.1 Å². The monoisotopic (exact) mass is 416 g/mol. The van der Waals surface area contributed by atoms with Gasteiger partial charge in [0.1, 0.15) is 0 Å². The molecule has 3 N–H and O–H groups in total. The number of nitrogens with one attached hydrogen (secondary N) is 1. The van der Waals surface area contributed by atoms with Gasteiger partial charge in [-0.15, -0.1) is 0 Å². The van der Waals surface area contributed by atoms with Crippen molar-refractivity contribution >= 4 is 18.5 Å². The Hall–Kier alpha value is -1.70. The second kappa shape index (κ2) is 12.8. The molecule has 0 radical (unpaired) electrons. The van der Waals surface area contributed by atoms with Crippen LogP contribution in [0.4, 0.5) is 0 Å². The third-order valence-corrected chi connectivity index (χ3v) is 5.75. The van der Waals surface area contributed by atoms with E-state index in [1.165, 1.54) is 32.1 Å². The summed E-state index contributed by atoms with van der Waals surface area (Å²) < 4.78 is 10.9. The zero-order chi connectivity index (χ0) is 21.0. The maximum Gasteiger partial charge on any atom is 0.325 e. The van der Waals surface area contributed by atoms with Crippen LogP contribution in [0.5, 0.6) is 0 Å². The Balaban J connectivity index is 1.91. The fourth-order valence-corrected chi connectivity index (χ4v) is 3.84. The van der Waals surface area contributed by atoms with Crippen LogP contribution in [0.1, 0.15) is 69.4 Å². The molecule has 2 rings (SSSR count). The minimum atomic E-state index is -3.91. The molecule has 6 heteroatoms. The predicted octanol–water partition coefficient (Wildman–Crippen LogP) is 4.99. The lowest BCUT2D eigenvalue weighted by Crippen LogP contribution is -2.16. The smallest absolute Gasteiger partial charge is 0.324 e. The number of benzene rings is 1. The van der Waals surface area contributed by atoms with Crippen molar-refractivity contribution < 1.29 is 14.4 Å². The predicted molar refractivity (Wildman–Crippen MR) is 120 cm³/mol. The molecule has 0 aliphatic carbocycles. The standard InChI is InChI=1S/C23H33N2O3P/c1-2-3-4-5-6-7-8-9-12-20-14-15-21(23-22(20)13-10-17-25-23)19-24-16-11-18-29(26,27)28/h10,13-15,17,24H,2-8,11,16,18-19H2,1H3,(H2,26,27,28). The number of nitrogens with zero attached hydrogens (tertiary/aromatic N) is 1. The van der Waals surface area contributed by atoms with Gasteiger partial charge in [0.2, 0.25) is 0 Å². The molecule has 0 saturated heterocycles. The second-order valence-electron chi connectivity index (χ2n) is 7.41. The largest absolute Gasteiger partial charge is 0.325 e. The summed E-state index contributed by atoms with van der Waals surface area (Å²) in [6, 6.07) is 8.07. The van der Waals surface area contributed by atoms with Crippen LogP contribution in [0.3, 0.4) is 0 Å². The number of fused-ring (bicyclic) bond motifs is 1. The number of hydrogen-bond donors (Lipinski definition) is 3. The van der Waals surface area contributed by atoms with Crippen molar-refractivity contribution in [2.75, 3.05) is 12.7 Å². The Bertz CT molecular complexity index is 867. The topological polar surface area (TPSA) is 82.5 Å². The van der Waals surface area contributed by atoms with Gasteiger partial charge >= 0.3 is 7.60 Å². The van der Waals surface area contributed by atoms with E-state index in [1.807, 2.05) is 24.3 Å². The fourth-order valence-electron chi connectivity index (χ4n) is 3.27. The van der Waals surface area contributed by atoms with E-state index in [4.69, 9.17) is 9.79 Å². The molecule has 0 unspecified atom stereocenters. The van der Waals surface area contributed by atoms with Crippen LogP contribution in [-0.2, 0) is 11.1 Å². The summed E-state index contributed by atoms with van der Waals surface area (Å²) >= 11 is 0. The van der Waals surface area contributed by atoms with Crippen LogP contribution >= 0.6 is 7.60 Å². The molecular formula is C23H33N2O3P. The molecule has 0 aliphatic heterocycles. The lowest BCUT2D eigenvalue weighted by molar-refractivity contribution is 0.371. The van der Waals surface area contributed by atoms with Crippen LogP contribution in [0.25, 0.3) is 10.9 Å². The van der Waals surface area contributed by atoms with Gasteiger partial charge < -0.3 is 15.1 Å². The normalized spacial score (nSPS) is 11.4. The van der Waals surface area contributed by atoms with E-state index in [0.29, 0.717) is 19.5 Å². The molecule has 0 fully saturated rings. The van der Waals surface area contributed by atoms with Crippen LogP contribution in [0.2, 0.25) is 0 Å². The lowest BCUT2D eigenvalue weighted by atomic mass is 10.0. The minimum Gasteiger partial charge on any atom is -0.324 e. The number of pyridine rings is 1. The molecule has 1 heterocycles. The van der Waals surface area contributed by atoms with Crippen LogP contribution in [0, 0.1) is 11.8 Å². The zero-order valence-corrected chi connectivity index (χ0v) is 18.3. The molecule has 1 aromatic carbocycles. The van der Waals surface area contributed by atoms with Crippen molar-refractivity contribution in [3.05, 3.63) is 41.6 Å². The van der Waals surface area contributed by atoms with Gasteiger partial charge in [-0.1, -0.05) is 63.0 Å². The van der Waals surface area contributed by atoms with Crippen molar-refractivity contribution in [1.29, 1.82) is 0 Å². The van der Waals surface area contributed by atoms with Crippen molar-refractivity contribution in [3.8, 4) is 11.8 Å². The third-order valence-electron chi connectivity index (χ3n) is 4.85. The highest BCUT2D eigenvalue weighted by atomic mass is 31.2. The highest BCUT2D eigenvalue weighted by molar-refractivity contribution is 7.51. The summed E-state index contributed by atoms with van der Waals surface area (Å²) in [5.74, 6) is 6.62. The number of rotatable bonds is 12.